The summed E-state index contributed by atoms with van der Waals surface area (Å²) in [6.45, 7) is 2.32. The Labute approximate surface area is 133 Å². The van der Waals surface area contributed by atoms with Crippen molar-refractivity contribution in [2.75, 3.05) is 11.4 Å². The lowest BCUT2D eigenvalue weighted by Gasteiger charge is -2.18. The number of anilines is 1. The van der Waals surface area contributed by atoms with Crippen LogP contribution in [0.3, 0.4) is 0 Å². The van der Waals surface area contributed by atoms with Crippen molar-refractivity contribution in [3.05, 3.63) is 72.3 Å². The molecular weight excluding hydrogens is 295 g/mol. The van der Waals surface area contributed by atoms with Gasteiger partial charge in [-0.3, -0.25) is 9.69 Å². The molecule has 3 aromatic rings. The normalized spacial score (nSPS) is 10.5. The summed E-state index contributed by atoms with van der Waals surface area (Å²) in [4.78, 5) is 18.3. The highest BCUT2D eigenvalue weighted by Gasteiger charge is 2.18. The minimum absolute atomic E-state index is 0.223. The molecule has 1 aromatic carbocycles. The second kappa shape index (κ2) is 6.39. The van der Waals surface area contributed by atoms with Gasteiger partial charge >= 0.3 is 0 Å². The largest absolute Gasteiger partial charge is 0.291 e. The number of benzene rings is 1. The summed E-state index contributed by atoms with van der Waals surface area (Å²) >= 11 is 0. The van der Waals surface area contributed by atoms with E-state index < -0.39 is 0 Å². The number of hydrogen-bond donors (Lipinski definition) is 0. The number of rotatable bonds is 4. The zero-order chi connectivity index (χ0) is 16.2. The Balaban J connectivity index is 1.88. The van der Waals surface area contributed by atoms with Crippen LogP contribution in [0.4, 0.5) is 10.2 Å². The van der Waals surface area contributed by atoms with Gasteiger partial charge in [0.1, 0.15) is 5.82 Å². The van der Waals surface area contributed by atoms with Crippen LogP contribution in [0.25, 0.3) is 5.82 Å². The number of carbonyl (C=O) groups is 1. The molecule has 0 atom stereocenters. The third-order valence-electron chi connectivity index (χ3n) is 3.39. The van der Waals surface area contributed by atoms with Gasteiger partial charge < -0.3 is 0 Å². The first-order valence-corrected chi connectivity index (χ1v) is 7.23. The first-order valence-electron chi connectivity index (χ1n) is 7.23. The molecule has 0 aliphatic heterocycles. The SMILES string of the molecule is CCN(C(=O)c1ccc(F)cc1)c1ccn(-c2ccccn2)n1. The van der Waals surface area contributed by atoms with E-state index in [4.69, 9.17) is 0 Å². The van der Waals surface area contributed by atoms with Gasteiger partial charge in [-0.1, -0.05) is 6.07 Å². The van der Waals surface area contributed by atoms with Crippen LogP contribution in [-0.2, 0) is 0 Å². The molecule has 0 radical (unpaired) electrons. The van der Waals surface area contributed by atoms with Crippen LogP contribution in [0, 0.1) is 5.82 Å². The Morgan fingerprint density at radius 1 is 1.17 bits per heavy atom. The van der Waals surface area contributed by atoms with E-state index in [1.54, 1.807) is 23.1 Å². The summed E-state index contributed by atoms with van der Waals surface area (Å²) in [5.74, 6) is 0.597. The average molecular weight is 310 g/mol. The van der Waals surface area contributed by atoms with Crippen LogP contribution in [0.1, 0.15) is 17.3 Å². The van der Waals surface area contributed by atoms with E-state index in [9.17, 15) is 9.18 Å². The van der Waals surface area contributed by atoms with Crippen molar-refractivity contribution in [1.82, 2.24) is 14.8 Å². The third kappa shape index (κ3) is 3.11. The standard InChI is InChI=1S/C17H15FN4O/c1-2-21(17(23)13-6-8-14(18)9-7-13)16-10-12-22(20-16)15-5-3-4-11-19-15/h3-12H,2H2,1H3. The van der Waals surface area contributed by atoms with Crippen LogP contribution in [0.15, 0.2) is 60.9 Å². The van der Waals surface area contributed by atoms with Gasteiger partial charge in [0.2, 0.25) is 0 Å². The van der Waals surface area contributed by atoms with Crippen molar-refractivity contribution in [1.29, 1.82) is 0 Å². The van der Waals surface area contributed by atoms with Crippen LogP contribution >= 0.6 is 0 Å². The number of pyridine rings is 1. The van der Waals surface area contributed by atoms with Gasteiger partial charge in [0, 0.05) is 30.6 Å². The van der Waals surface area contributed by atoms with Crippen molar-refractivity contribution in [3.8, 4) is 5.82 Å². The minimum Gasteiger partial charge on any atom is -0.291 e. The number of nitrogens with zero attached hydrogens (tertiary/aromatic N) is 4. The minimum atomic E-state index is -0.371. The first-order chi connectivity index (χ1) is 11.2. The number of carbonyl (C=O) groups excluding carboxylic acids is 1. The fourth-order valence-corrected chi connectivity index (χ4v) is 2.23. The van der Waals surface area contributed by atoms with Crippen LogP contribution in [0.2, 0.25) is 0 Å². The predicted molar refractivity (Wildman–Crippen MR) is 85.1 cm³/mol. The van der Waals surface area contributed by atoms with Gasteiger partial charge in [-0.05, 0) is 43.3 Å². The number of aromatic nitrogens is 3. The maximum absolute atomic E-state index is 13.0. The highest BCUT2D eigenvalue weighted by atomic mass is 19.1. The molecule has 0 bridgehead atoms. The molecule has 0 aliphatic rings. The quantitative estimate of drug-likeness (QED) is 0.744. The van der Waals surface area contributed by atoms with Gasteiger partial charge in [-0.15, -0.1) is 5.10 Å². The monoisotopic (exact) mass is 310 g/mol. The van der Waals surface area contributed by atoms with Crippen molar-refractivity contribution in [2.24, 2.45) is 0 Å². The maximum atomic E-state index is 13.0. The molecule has 0 saturated carbocycles. The number of hydrogen-bond acceptors (Lipinski definition) is 3. The topological polar surface area (TPSA) is 51.0 Å². The molecule has 2 heterocycles. The lowest BCUT2D eigenvalue weighted by atomic mass is 10.2. The molecule has 0 spiro atoms. The van der Waals surface area contributed by atoms with Crippen LogP contribution in [0.5, 0.6) is 0 Å². The zero-order valence-corrected chi connectivity index (χ0v) is 12.6. The highest BCUT2D eigenvalue weighted by Crippen LogP contribution is 2.16. The van der Waals surface area contributed by atoms with Crippen molar-refractivity contribution in [3.63, 3.8) is 0 Å². The van der Waals surface area contributed by atoms with E-state index in [1.165, 1.54) is 29.2 Å². The molecule has 6 heteroatoms. The molecule has 23 heavy (non-hydrogen) atoms. The Bertz CT molecular complexity index is 799. The number of amides is 1. The Morgan fingerprint density at radius 3 is 2.61 bits per heavy atom. The predicted octanol–water partition coefficient (Wildman–Crippen LogP) is 3.07. The summed E-state index contributed by atoms with van der Waals surface area (Å²) in [7, 11) is 0. The Kier molecular flexibility index (Phi) is 4.14. The molecule has 0 aliphatic carbocycles. The second-order valence-corrected chi connectivity index (χ2v) is 4.86. The van der Waals surface area contributed by atoms with Crippen LogP contribution < -0.4 is 4.90 Å². The molecule has 3 rings (SSSR count). The van der Waals surface area contributed by atoms with Gasteiger partial charge in [-0.2, -0.15) is 0 Å². The van der Waals surface area contributed by atoms with E-state index >= 15 is 0 Å². The summed E-state index contributed by atoms with van der Waals surface area (Å²) in [5.41, 5.74) is 0.417. The smallest absolute Gasteiger partial charge is 0.259 e. The summed E-state index contributed by atoms with van der Waals surface area (Å²) in [6, 6.07) is 12.7. The number of halogens is 1. The maximum Gasteiger partial charge on any atom is 0.259 e. The molecule has 0 unspecified atom stereocenters. The summed E-state index contributed by atoms with van der Waals surface area (Å²) in [6.07, 6.45) is 3.43. The molecule has 116 valence electrons. The third-order valence-corrected chi connectivity index (χ3v) is 3.39. The molecule has 0 saturated heterocycles. The van der Waals surface area contributed by atoms with Gasteiger partial charge in [0.15, 0.2) is 11.6 Å². The second-order valence-electron chi connectivity index (χ2n) is 4.86. The van der Waals surface area contributed by atoms with Gasteiger partial charge in [0.05, 0.1) is 0 Å². The van der Waals surface area contributed by atoms with Gasteiger partial charge in [-0.25, -0.2) is 14.1 Å². The van der Waals surface area contributed by atoms with E-state index in [2.05, 4.69) is 10.1 Å². The molecule has 1 amide bonds. The highest BCUT2D eigenvalue weighted by molar-refractivity contribution is 6.05. The van der Waals surface area contributed by atoms with Gasteiger partial charge in [0.25, 0.3) is 5.91 Å². The van der Waals surface area contributed by atoms with E-state index in [0.717, 1.165) is 0 Å². The lowest BCUT2D eigenvalue weighted by Crippen LogP contribution is -2.31. The molecule has 5 nitrogen and oxygen atoms in total. The van der Waals surface area contributed by atoms with Crippen LogP contribution in [-0.4, -0.2) is 27.2 Å². The lowest BCUT2D eigenvalue weighted by molar-refractivity contribution is 0.0987. The summed E-state index contributed by atoms with van der Waals surface area (Å²) in [5, 5.41) is 4.40. The zero-order valence-electron chi connectivity index (χ0n) is 12.6. The Morgan fingerprint density at radius 2 is 1.96 bits per heavy atom. The van der Waals surface area contributed by atoms with E-state index in [-0.39, 0.29) is 11.7 Å². The fourth-order valence-electron chi connectivity index (χ4n) is 2.23. The first kappa shape index (κ1) is 14.9. The van der Waals surface area contributed by atoms with Crippen molar-refractivity contribution < 1.29 is 9.18 Å². The van der Waals surface area contributed by atoms with Crippen molar-refractivity contribution >= 4 is 11.7 Å². The molecular formula is C17H15FN4O. The molecule has 2 aromatic heterocycles. The fraction of sp³-hybridized carbons (Fsp3) is 0.118. The van der Waals surface area contributed by atoms with Crippen molar-refractivity contribution in [2.45, 2.75) is 6.92 Å². The molecule has 0 fully saturated rings. The average Bonchev–Trinajstić information content (AvgIpc) is 3.06. The molecule has 0 N–H and O–H groups in total. The summed E-state index contributed by atoms with van der Waals surface area (Å²) < 4.78 is 14.6. The van der Waals surface area contributed by atoms with E-state index in [1.807, 2.05) is 25.1 Å². The Hall–Kier alpha value is -3.02. The van der Waals surface area contributed by atoms with E-state index in [0.29, 0.717) is 23.7 Å².